The molecule has 6 nitrogen and oxygen atoms in total. The van der Waals surface area contributed by atoms with Crippen molar-refractivity contribution >= 4 is 11.9 Å². The van der Waals surface area contributed by atoms with Gasteiger partial charge in [-0.1, -0.05) is 0 Å². The zero-order valence-corrected chi connectivity index (χ0v) is 8.47. The van der Waals surface area contributed by atoms with E-state index in [0.29, 0.717) is 0 Å². The number of carboxylic acid groups (broad SMARTS) is 1. The standard InChI is InChI=1S/C10H11NO5/c1-5(10(15)16)11-9(14)7-4-6(12)2-3-8(7)13/h2-5,12-13H,1H3,(H,11,14)(H,15,16)/t5-/m1/s1. The fraction of sp³-hybridized carbons (Fsp3) is 0.200. The van der Waals surface area contributed by atoms with Crippen LogP contribution in [-0.4, -0.2) is 33.2 Å². The van der Waals surface area contributed by atoms with Crippen LogP contribution in [0, 0.1) is 0 Å². The molecular weight excluding hydrogens is 214 g/mol. The molecule has 0 heterocycles. The van der Waals surface area contributed by atoms with Crippen LogP contribution in [0.3, 0.4) is 0 Å². The van der Waals surface area contributed by atoms with E-state index in [9.17, 15) is 14.7 Å². The summed E-state index contributed by atoms with van der Waals surface area (Å²) in [6.07, 6.45) is 0. The maximum atomic E-state index is 11.5. The van der Waals surface area contributed by atoms with E-state index in [2.05, 4.69) is 5.32 Å². The van der Waals surface area contributed by atoms with Gasteiger partial charge in [0.15, 0.2) is 0 Å². The molecule has 0 aliphatic heterocycles. The largest absolute Gasteiger partial charge is 0.508 e. The van der Waals surface area contributed by atoms with Crippen LogP contribution in [0.4, 0.5) is 0 Å². The maximum absolute atomic E-state index is 11.5. The van der Waals surface area contributed by atoms with Gasteiger partial charge in [0.2, 0.25) is 0 Å². The first kappa shape index (κ1) is 11.8. The SMILES string of the molecule is C[C@@H](NC(=O)c1cc(O)ccc1O)C(=O)O. The van der Waals surface area contributed by atoms with E-state index in [1.165, 1.54) is 13.0 Å². The summed E-state index contributed by atoms with van der Waals surface area (Å²) < 4.78 is 0. The van der Waals surface area contributed by atoms with Gasteiger partial charge in [-0.15, -0.1) is 0 Å². The van der Waals surface area contributed by atoms with Crippen LogP contribution in [0.2, 0.25) is 0 Å². The third-order valence-electron chi connectivity index (χ3n) is 1.94. The van der Waals surface area contributed by atoms with Gasteiger partial charge in [0.05, 0.1) is 5.56 Å². The molecule has 86 valence electrons. The molecule has 1 amide bonds. The van der Waals surface area contributed by atoms with Gasteiger partial charge >= 0.3 is 5.97 Å². The Labute approximate surface area is 91.1 Å². The molecule has 1 aromatic rings. The fourth-order valence-corrected chi connectivity index (χ4v) is 1.04. The van der Waals surface area contributed by atoms with Gasteiger partial charge in [-0.25, -0.2) is 0 Å². The lowest BCUT2D eigenvalue weighted by atomic mass is 10.1. The average molecular weight is 225 g/mol. The van der Waals surface area contributed by atoms with Crippen molar-refractivity contribution in [3.8, 4) is 11.5 Å². The second-order valence-corrected chi connectivity index (χ2v) is 3.23. The van der Waals surface area contributed by atoms with E-state index < -0.39 is 17.9 Å². The lowest BCUT2D eigenvalue weighted by Gasteiger charge is -2.10. The van der Waals surface area contributed by atoms with Crippen molar-refractivity contribution in [2.45, 2.75) is 13.0 Å². The Hall–Kier alpha value is -2.24. The van der Waals surface area contributed by atoms with Crippen LogP contribution in [0.25, 0.3) is 0 Å². The molecule has 0 saturated heterocycles. The Morgan fingerprint density at radius 3 is 2.50 bits per heavy atom. The van der Waals surface area contributed by atoms with Crippen molar-refractivity contribution in [2.75, 3.05) is 0 Å². The van der Waals surface area contributed by atoms with Crippen LogP contribution in [-0.2, 0) is 4.79 Å². The van der Waals surface area contributed by atoms with Gasteiger partial charge in [0.25, 0.3) is 5.91 Å². The topological polar surface area (TPSA) is 107 Å². The number of phenols is 2. The van der Waals surface area contributed by atoms with Gasteiger partial charge < -0.3 is 20.6 Å². The first-order chi connectivity index (χ1) is 7.41. The molecule has 0 fully saturated rings. The number of rotatable bonds is 3. The lowest BCUT2D eigenvalue weighted by Crippen LogP contribution is -2.38. The van der Waals surface area contributed by atoms with E-state index in [1.807, 2.05) is 0 Å². The molecule has 4 N–H and O–H groups in total. The molecular formula is C10H11NO5. The van der Waals surface area contributed by atoms with Crippen molar-refractivity contribution < 1.29 is 24.9 Å². The second-order valence-electron chi connectivity index (χ2n) is 3.23. The molecule has 1 atom stereocenters. The van der Waals surface area contributed by atoms with Crippen LogP contribution in [0.5, 0.6) is 11.5 Å². The molecule has 0 aliphatic carbocycles. The van der Waals surface area contributed by atoms with Crippen LogP contribution >= 0.6 is 0 Å². The van der Waals surface area contributed by atoms with Crippen molar-refractivity contribution in [3.63, 3.8) is 0 Å². The minimum atomic E-state index is -1.19. The molecule has 0 spiro atoms. The first-order valence-corrected chi connectivity index (χ1v) is 4.47. The summed E-state index contributed by atoms with van der Waals surface area (Å²) in [5, 5.41) is 29.2. The molecule has 1 aromatic carbocycles. The van der Waals surface area contributed by atoms with Gasteiger partial charge in [-0.3, -0.25) is 9.59 Å². The monoisotopic (exact) mass is 225 g/mol. The van der Waals surface area contributed by atoms with Gasteiger partial charge in [-0.05, 0) is 25.1 Å². The highest BCUT2D eigenvalue weighted by Crippen LogP contribution is 2.21. The lowest BCUT2D eigenvalue weighted by molar-refractivity contribution is -0.138. The van der Waals surface area contributed by atoms with Crippen molar-refractivity contribution in [3.05, 3.63) is 23.8 Å². The number of aliphatic carboxylic acids is 1. The minimum Gasteiger partial charge on any atom is -0.508 e. The predicted molar refractivity (Wildman–Crippen MR) is 54.3 cm³/mol. The van der Waals surface area contributed by atoms with Crippen molar-refractivity contribution in [1.82, 2.24) is 5.32 Å². The Morgan fingerprint density at radius 2 is 1.94 bits per heavy atom. The number of hydrogen-bond acceptors (Lipinski definition) is 4. The smallest absolute Gasteiger partial charge is 0.325 e. The van der Waals surface area contributed by atoms with Crippen LogP contribution < -0.4 is 5.32 Å². The molecule has 0 saturated carbocycles. The summed E-state index contributed by atoms with van der Waals surface area (Å²) in [6, 6.07) is 2.34. The minimum absolute atomic E-state index is 0.173. The summed E-state index contributed by atoms with van der Waals surface area (Å²) in [5.41, 5.74) is -0.173. The summed E-state index contributed by atoms with van der Waals surface area (Å²) in [5.74, 6) is -2.46. The first-order valence-electron chi connectivity index (χ1n) is 4.47. The van der Waals surface area contributed by atoms with E-state index in [-0.39, 0.29) is 17.1 Å². The fourth-order valence-electron chi connectivity index (χ4n) is 1.04. The van der Waals surface area contributed by atoms with Gasteiger partial charge in [-0.2, -0.15) is 0 Å². The number of hydrogen-bond donors (Lipinski definition) is 4. The highest BCUT2D eigenvalue weighted by molar-refractivity contribution is 5.99. The third-order valence-corrected chi connectivity index (χ3v) is 1.94. The van der Waals surface area contributed by atoms with Crippen LogP contribution in [0.1, 0.15) is 17.3 Å². The molecule has 6 heteroatoms. The molecule has 1 rings (SSSR count). The number of carbonyl (C=O) groups excluding carboxylic acids is 1. The quantitative estimate of drug-likeness (QED) is 0.553. The number of amides is 1. The molecule has 0 bridgehead atoms. The number of phenolic OH excluding ortho intramolecular Hbond substituents is 2. The number of carbonyl (C=O) groups is 2. The zero-order valence-electron chi connectivity index (χ0n) is 8.47. The van der Waals surface area contributed by atoms with Gasteiger partial charge in [0.1, 0.15) is 17.5 Å². The number of nitrogens with one attached hydrogen (secondary N) is 1. The second kappa shape index (κ2) is 4.52. The molecule has 0 radical (unpaired) electrons. The molecule has 0 aromatic heterocycles. The van der Waals surface area contributed by atoms with Crippen molar-refractivity contribution in [1.29, 1.82) is 0 Å². The van der Waals surface area contributed by atoms with E-state index >= 15 is 0 Å². The average Bonchev–Trinajstić information content (AvgIpc) is 2.21. The van der Waals surface area contributed by atoms with E-state index in [1.54, 1.807) is 0 Å². The van der Waals surface area contributed by atoms with Crippen molar-refractivity contribution in [2.24, 2.45) is 0 Å². The van der Waals surface area contributed by atoms with E-state index in [4.69, 9.17) is 10.2 Å². The Morgan fingerprint density at radius 1 is 1.31 bits per heavy atom. The Kier molecular flexibility index (Phi) is 3.34. The summed E-state index contributed by atoms with van der Waals surface area (Å²) >= 11 is 0. The molecule has 16 heavy (non-hydrogen) atoms. The Balaban J connectivity index is 2.88. The summed E-state index contributed by atoms with van der Waals surface area (Å²) in [7, 11) is 0. The van der Waals surface area contributed by atoms with Gasteiger partial charge in [0, 0.05) is 0 Å². The summed E-state index contributed by atoms with van der Waals surface area (Å²) in [6.45, 7) is 1.29. The normalized spacial score (nSPS) is 11.8. The Bertz CT molecular complexity index is 429. The number of benzene rings is 1. The highest BCUT2D eigenvalue weighted by atomic mass is 16.4. The summed E-state index contributed by atoms with van der Waals surface area (Å²) in [4.78, 5) is 22.0. The highest BCUT2D eigenvalue weighted by Gasteiger charge is 2.17. The molecule has 0 aliphatic rings. The van der Waals surface area contributed by atoms with Crippen LogP contribution in [0.15, 0.2) is 18.2 Å². The number of aromatic hydroxyl groups is 2. The molecule has 0 unspecified atom stereocenters. The third kappa shape index (κ3) is 2.63. The number of carboxylic acids is 1. The zero-order chi connectivity index (χ0) is 12.3. The predicted octanol–water partition coefficient (Wildman–Crippen LogP) is 0.301. The maximum Gasteiger partial charge on any atom is 0.325 e. The van der Waals surface area contributed by atoms with E-state index in [0.717, 1.165) is 12.1 Å².